The summed E-state index contributed by atoms with van der Waals surface area (Å²) in [6.07, 6.45) is 4.88. The van der Waals surface area contributed by atoms with Crippen molar-refractivity contribution in [1.29, 1.82) is 0 Å². The summed E-state index contributed by atoms with van der Waals surface area (Å²) in [6, 6.07) is 20.8. The number of nitrogens with one attached hydrogen (secondary N) is 1. The van der Waals surface area contributed by atoms with Gasteiger partial charge in [0.25, 0.3) is 5.91 Å². The Kier molecular flexibility index (Phi) is 4.38. The average molecular weight is 359 g/mol. The standard InChI is InChI=1S/C22H21N3O2/c1-25(27-2)21(26)20-18-13-14-22(15-19(18)23-24-20,16-9-5-3-6-10-16)17-11-7-4-8-12-17/h3-14H,15H2,1-2H3,(H,23,24). The summed E-state index contributed by atoms with van der Waals surface area (Å²) >= 11 is 0. The normalized spacial score (nSPS) is 14.6. The highest BCUT2D eigenvalue weighted by Crippen LogP contribution is 2.41. The summed E-state index contributed by atoms with van der Waals surface area (Å²) in [5, 5.41) is 8.53. The van der Waals surface area contributed by atoms with E-state index in [1.165, 1.54) is 23.3 Å². The smallest absolute Gasteiger partial charge is 0.281 e. The maximum absolute atomic E-state index is 12.5. The van der Waals surface area contributed by atoms with Crippen molar-refractivity contribution in [3.63, 3.8) is 0 Å². The Bertz CT molecular complexity index is 938. The molecular weight excluding hydrogens is 338 g/mol. The van der Waals surface area contributed by atoms with Crippen LogP contribution in [0.3, 0.4) is 0 Å². The minimum atomic E-state index is -0.310. The van der Waals surface area contributed by atoms with E-state index < -0.39 is 0 Å². The first-order valence-electron chi connectivity index (χ1n) is 8.85. The van der Waals surface area contributed by atoms with Crippen LogP contribution in [0.5, 0.6) is 0 Å². The average Bonchev–Trinajstić information content (AvgIpc) is 3.16. The molecule has 2 aromatic carbocycles. The second-order valence-electron chi connectivity index (χ2n) is 6.66. The van der Waals surface area contributed by atoms with Crippen LogP contribution in [0.2, 0.25) is 0 Å². The number of amides is 1. The van der Waals surface area contributed by atoms with Crippen LogP contribution in [0.15, 0.2) is 66.7 Å². The monoisotopic (exact) mass is 359 g/mol. The van der Waals surface area contributed by atoms with Crippen molar-refractivity contribution < 1.29 is 9.63 Å². The number of aromatic nitrogens is 2. The molecule has 27 heavy (non-hydrogen) atoms. The lowest BCUT2D eigenvalue weighted by molar-refractivity contribution is -0.0760. The fraction of sp³-hybridized carbons (Fsp3) is 0.182. The number of carbonyl (C=O) groups excluding carboxylic acids is 1. The number of rotatable bonds is 4. The molecule has 0 fully saturated rings. The van der Waals surface area contributed by atoms with Gasteiger partial charge in [-0.15, -0.1) is 0 Å². The molecule has 4 rings (SSSR count). The highest BCUT2D eigenvalue weighted by Gasteiger charge is 2.37. The van der Waals surface area contributed by atoms with Crippen LogP contribution in [-0.4, -0.2) is 35.3 Å². The molecule has 5 nitrogen and oxygen atoms in total. The summed E-state index contributed by atoms with van der Waals surface area (Å²) in [5.41, 5.74) is 4.24. The van der Waals surface area contributed by atoms with Crippen LogP contribution in [-0.2, 0) is 16.7 Å². The SMILES string of the molecule is CON(C)C(=O)c1n[nH]c2c1C=CC(c1ccccc1)(c1ccccc1)C2. The maximum atomic E-state index is 12.5. The predicted octanol–water partition coefficient (Wildman–Crippen LogP) is 3.60. The quantitative estimate of drug-likeness (QED) is 0.724. The van der Waals surface area contributed by atoms with Gasteiger partial charge in [0.2, 0.25) is 0 Å². The molecular formula is C22H21N3O2. The highest BCUT2D eigenvalue weighted by molar-refractivity contribution is 5.96. The Hall–Kier alpha value is -3.18. The molecule has 136 valence electrons. The van der Waals surface area contributed by atoms with Gasteiger partial charge in [-0.2, -0.15) is 5.10 Å². The van der Waals surface area contributed by atoms with E-state index in [1.54, 1.807) is 7.05 Å². The van der Waals surface area contributed by atoms with E-state index in [4.69, 9.17) is 4.84 Å². The molecule has 0 atom stereocenters. The number of fused-ring (bicyclic) bond motifs is 1. The highest BCUT2D eigenvalue weighted by atomic mass is 16.7. The fourth-order valence-corrected chi connectivity index (χ4v) is 3.69. The summed E-state index contributed by atoms with van der Waals surface area (Å²) in [7, 11) is 3.04. The van der Waals surface area contributed by atoms with Gasteiger partial charge in [0, 0.05) is 30.1 Å². The van der Waals surface area contributed by atoms with Crippen molar-refractivity contribution in [3.05, 3.63) is 94.8 Å². The fourth-order valence-electron chi connectivity index (χ4n) is 3.69. The molecule has 0 aliphatic heterocycles. The Labute approximate surface area is 158 Å². The summed E-state index contributed by atoms with van der Waals surface area (Å²) in [5.74, 6) is -0.272. The number of hydroxylamine groups is 2. The van der Waals surface area contributed by atoms with Gasteiger partial charge in [-0.1, -0.05) is 72.8 Å². The van der Waals surface area contributed by atoms with Crippen LogP contribution in [0.1, 0.15) is 32.9 Å². The largest absolute Gasteiger partial charge is 0.298 e. The van der Waals surface area contributed by atoms with E-state index in [-0.39, 0.29) is 11.3 Å². The van der Waals surface area contributed by atoms with Crippen molar-refractivity contribution in [2.24, 2.45) is 0 Å². The van der Waals surface area contributed by atoms with E-state index in [1.807, 2.05) is 18.2 Å². The lowest BCUT2D eigenvalue weighted by Crippen LogP contribution is -2.31. The van der Waals surface area contributed by atoms with Gasteiger partial charge < -0.3 is 0 Å². The Morgan fingerprint density at radius 3 is 2.22 bits per heavy atom. The van der Waals surface area contributed by atoms with Crippen molar-refractivity contribution in [3.8, 4) is 0 Å². The molecule has 5 heteroatoms. The summed E-state index contributed by atoms with van der Waals surface area (Å²) < 4.78 is 0. The van der Waals surface area contributed by atoms with Gasteiger partial charge in [-0.3, -0.25) is 14.7 Å². The molecule has 0 saturated carbocycles. The molecule has 0 radical (unpaired) electrons. The third-order valence-corrected chi connectivity index (χ3v) is 5.21. The molecule has 1 aromatic heterocycles. The molecule has 1 amide bonds. The number of nitrogens with zero attached hydrogens (tertiary/aromatic N) is 2. The number of hydrogen-bond acceptors (Lipinski definition) is 3. The first-order valence-corrected chi connectivity index (χ1v) is 8.85. The molecule has 0 spiro atoms. The minimum absolute atomic E-state index is 0.272. The first-order chi connectivity index (χ1) is 13.2. The zero-order chi connectivity index (χ0) is 18.9. The molecule has 1 N–H and O–H groups in total. The summed E-state index contributed by atoms with van der Waals surface area (Å²) in [6.45, 7) is 0. The topological polar surface area (TPSA) is 58.2 Å². The first kappa shape index (κ1) is 17.2. The number of benzene rings is 2. The minimum Gasteiger partial charge on any atom is -0.281 e. The van der Waals surface area contributed by atoms with E-state index >= 15 is 0 Å². The van der Waals surface area contributed by atoms with Gasteiger partial charge in [0.1, 0.15) is 0 Å². The van der Waals surface area contributed by atoms with Gasteiger partial charge >= 0.3 is 0 Å². The van der Waals surface area contributed by atoms with E-state index in [0.717, 1.165) is 11.3 Å². The van der Waals surface area contributed by atoms with Crippen LogP contribution in [0.25, 0.3) is 6.08 Å². The van der Waals surface area contributed by atoms with E-state index in [9.17, 15) is 4.79 Å². The van der Waals surface area contributed by atoms with Crippen molar-refractivity contribution in [2.75, 3.05) is 14.2 Å². The Morgan fingerprint density at radius 2 is 1.67 bits per heavy atom. The maximum Gasteiger partial charge on any atom is 0.298 e. The molecule has 0 bridgehead atoms. The number of carbonyl (C=O) groups is 1. The zero-order valence-corrected chi connectivity index (χ0v) is 15.3. The molecule has 1 aliphatic rings. The Morgan fingerprint density at radius 1 is 1.07 bits per heavy atom. The number of aromatic amines is 1. The van der Waals surface area contributed by atoms with Crippen LogP contribution in [0.4, 0.5) is 0 Å². The number of allylic oxidation sites excluding steroid dienone is 1. The number of hydrogen-bond donors (Lipinski definition) is 1. The molecule has 1 aliphatic carbocycles. The van der Waals surface area contributed by atoms with Gasteiger partial charge in [0.05, 0.1) is 7.11 Å². The van der Waals surface area contributed by atoms with E-state index in [2.05, 4.69) is 64.8 Å². The van der Waals surface area contributed by atoms with Crippen LogP contribution in [0, 0.1) is 0 Å². The second-order valence-corrected chi connectivity index (χ2v) is 6.66. The molecule has 0 unspecified atom stereocenters. The van der Waals surface area contributed by atoms with Crippen molar-refractivity contribution >= 4 is 12.0 Å². The van der Waals surface area contributed by atoms with Crippen molar-refractivity contribution in [1.82, 2.24) is 15.3 Å². The van der Waals surface area contributed by atoms with Crippen molar-refractivity contribution in [2.45, 2.75) is 11.8 Å². The number of H-pyrrole nitrogens is 1. The lowest BCUT2D eigenvalue weighted by Gasteiger charge is -2.34. The zero-order valence-electron chi connectivity index (χ0n) is 15.3. The molecule has 3 aromatic rings. The van der Waals surface area contributed by atoms with E-state index in [0.29, 0.717) is 12.1 Å². The van der Waals surface area contributed by atoms with Crippen LogP contribution >= 0.6 is 0 Å². The van der Waals surface area contributed by atoms with Gasteiger partial charge in [-0.05, 0) is 11.1 Å². The Balaban J connectivity index is 1.82. The van der Waals surface area contributed by atoms with Crippen LogP contribution < -0.4 is 0 Å². The summed E-state index contributed by atoms with van der Waals surface area (Å²) in [4.78, 5) is 17.5. The third-order valence-electron chi connectivity index (χ3n) is 5.21. The molecule has 1 heterocycles. The predicted molar refractivity (Wildman–Crippen MR) is 104 cm³/mol. The third kappa shape index (κ3) is 2.86. The van der Waals surface area contributed by atoms with Gasteiger partial charge in [0.15, 0.2) is 5.69 Å². The van der Waals surface area contributed by atoms with Gasteiger partial charge in [-0.25, -0.2) is 5.06 Å². The second kappa shape index (κ2) is 6.85. The molecule has 0 saturated heterocycles. The lowest BCUT2D eigenvalue weighted by atomic mass is 9.68.